The molecule has 3 nitrogen and oxygen atoms in total. The van der Waals surface area contributed by atoms with Crippen molar-refractivity contribution >= 4 is 10.1 Å². The molecule has 1 aromatic rings. The summed E-state index contributed by atoms with van der Waals surface area (Å²) in [7, 11) is -3.32. The van der Waals surface area contributed by atoms with Gasteiger partial charge in [-0.1, -0.05) is 30.3 Å². The van der Waals surface area contributed by atoms with Crippen LogP contribution in [0, 0.1) is 12.8 Å². The quantitative estimate of drug-likeness (QED) is 0.562. The summed E-state index contributed by atoms with van der Waals surface area (Å²) in [6.07, 6.45) is 9.04. The number of rotatable bonds is 3. The standard InChI is InChI=1S/C8H10O3S.C2H2/c1-12(9,10)11-7-8-5-3-2-4-6-8;1-2/h2-6H,7H2,1H3;1-2H. The first-order valence-corrected chi connectivity index (χ1v) is 5.61. The molecule has 0 saturated heterocycles. The molecule has 0 heterocycles. The smallest absolute Gasteiger partial charge is 0.264 e. The third-order valence-corrected chi connectivity index (χ3v) is 1.83. The largest absolute Gasteiger partial charge is 0.265 e. The van der Waals surface area contributed by atoms with Gasteiger partial charge in [-0.15, -0.1) is 12.8 Å². The van der Waals surface area contributed by atoms with Gasteiger partial charge in [0.1, 0.15) is 0 Å². The summed E-state index contributed by atoms with van der Waals surface area (Å²) in [4.78, 5) is 0. The predicted octanol–water partition coefficient (Wildman–Crippen LogP) is 1.41. The fourth-order valence-corrected chi connectivity index (χ4v) is 1.10. The lowest BCUT2D eigenvalue weighted by molar-refractivity contribution is 0.311. The van der Waals surface area contributed by atoms with E-state index in [4.69, 9.17) is 0 Å². The summed E-state index contributed by atoms with van der Waals surface area (Å²) >= 11 is 0. The van der Waals surface area contributed by atoms with Crippen molar-refractivity contribution in [1.29, 1.82) is 0 Å². The third kappa shape index (κ3) is 6.23. The van der Waals surface area contributed by atoms with Crippen LogP contribution in [0.25, 0.3) is 0 Å². The lowest BCUT2D eigenvalue weighted by atomic mass is 10.2. The molecule has 1 aromatic carbocycles. The van der Waals surface area contributed by atoms with Crippen LogP contribution >= 0.6 is 0 Å². The van der Waals surface area contributed by atoms with Crippen LogP contribution in [0.4, 0.5) is 0 Å². The summed E-state index contributed by atoms with van der Waals surface area (Å²) in [6.45, 7) is 0.111. The van der Waals surface area contributed by atoms with E-state index in [1.54, 1.807) is 0 Å². The average Bonchev–Trinajstić information content (AvgIpc) is 2.19. The van der Waals surface area contributed by atoms with Crippen molar-refractivity contribution in [2.75, 3.05) is 6.26 Å². The summed E-state index contributed by atoms with van der Waals surface area (Å²) < 4.78 is 25.8. The van der Waals surface area contributed by atoms with E-state index in [1.165, 1.54) is 0 Å². The normalized spacial score (nSPS) is 9.93. The zero-order valence-corrected chi connectivity index (χ0v) is 8.70. The number of hydrogen-bond acceptors (Lipinski definition) is 3. The van der Waals surface area contributed by atoms with Crippen molar-refractivity contribution in [3.05, 3.63) is 35.9 Å². The molecule has 0 amide bonds. The number of benzene rings is 1. The maximum absolute atomic E-state index is 10.6. The minimum Gasteiger partial charge on any atom is -0.265 e. The third-order valence-electron chi connectivity index (χ3n) is 1.28. The van der Waals surface area contributed by atoms with Crippen molar-refractivity contribution in [2.24, 2.45) is 0 Å². The summed E-state index contributed by atoms with van der Waals surface area (Å²) in [5, 5.41) is 0. The molecule has 14 heavy (non-hydrogen) atoms. The van der Waals surface area contributed by atoms with E-state index in [0.29, 0.717) is 0 Å². The lowest BCUT2D eigenvalue weighted by Gasteiger charge is -1.99. The maximum Gasteiger partial charge on any atom is 0.264 e. The molecular formula is C10H12O3S. The number of hydrogen-bond donors (Lipinski definition) is 0. The Labute approximate surface area is 84.8 Å². The molecule has 0 aliphatic carbocycles. The Balaban J connectivity index is 0.000000791. The fraction of sp³-hybridized carbons (Fsp3) is 0.200. The van der Waals surface area contributed by atoms with E-state index in [2.05, 4.69) is 17.0 Å². The van der Waals surface area contributed by atoms with Crippen molar-refractivity contribution in [3.8, 4) is 12.8 Å². The van der Waals surface area contributed by atoms with E-state index in [-0.39, 0.29) is 6.61 Å². The maximum atomic E-state index is 10.6. The predicted molar refractivity (Wildman–Crippen MR) is 56.0 cm³/mol. The molecule has 0 saturated carbocycles. The van der Waals surface area contributed by atoms with E-state index < -0.39 is 10.1 Å². The molecule has 76 valence electrons. The summed E-state index contributed by atoms with van der Waals surface area (Å²) in [5.74, 6) is 0. The van der Waals surface area contributed by atoms with Crippen LogP contribution in [0.5, 0.6) is 0 Å². The van der Waals surface area contributed by atoms with Crippen molar-refractivity contribution in [1.82, 2.24) is 0 Å². The molecule has 0 N–H and O–H groups in total. The molecule has 0 aliphatic rings. The Bertz CT molecular complexity index is 365. The highest BCUT2D eigenvalue weighted by molar-refractivity contribution is 7.85. The Morgan fingerprint density at radius 3 is 2.14 bits per heavy atom. The SMILES string of the molecule is C#C.CS(=O)(=O)OCc1ccccc1. The molecule has 0 aromatic heterocycles. The molecule has 0 aliphatic heterocycles. The molecule has 4 heteroatoms. The highest BCUT2D eigenvalue weighted by Gasteiger charge is 2.00. The first kappa shape index (κ1) is 12.7. The fourth-order valence-electron chi connectivity index (χ4n) is 0.749. The minimum absolute atomic E-state index is 0.111. The van der Waals surface area contributed by atoms with Gasteiger partial charge in [-0.3, -0.25) is 4.18 Å². The highest BCUT2D eigenvalue weighted by Crippen LogP contribution is 2.02. The number of terminal acetylenes is 1. The van der Waals surface area contributed by atoms with E-state index in [1.807, 2.05) is 30.3 Å². The van der Waals surface area contributed by atoms with Crippen LogP contribution in [0.1, 0.15) is 5.56 Å². The molecule has 0 radical (unpaired) electrons. The van der Waals surface area contributed by atoms with Crippen LogP contribution in [-0.4, -0.2) is 14.7 Å². The molecule has 0 fully saturated rings. The Hall–Kier alpha value is -1.31. The van der Waals surface area contributed by atoms with Crippen molar-refractivity contribution in [3.63, 3.8) is 0 Å². The van der Waals surface area contributed by atoms with Gasteiger partial charge in [0, 0.05) is 0 Å². The topological polar surface area (TPSA) is 43.4 Å². The molecule has 0 spiro atoms. The van der Waals surface area contributed by atoms with Crippen molar-refractivity contribution in [2.45, 2.75) is 6.61 Å². The van der Waals surface area contributed by atoms with Gasteiger partial charge in [0.25, 0.3) is 10.1 Å². The van der Waals surface area contributed by atoms with Crippen LogP contribution < -0.4 is 0 Å². The first-order valence-electron chi connectivity index (χ1n) is 3.79. The zero-order valence-electron chi connectivity index (χ0n) is 7.88. The van der Waals surface area contributed by atoms with Crippen LogP contribution in [0.15, 0.2) is 30.3 Å². The van der Waals surface area contributed by atoms with Gasteiger partial charge >= 0.3 is 0 Å². The van der Waals surface area contributed by atoms with E-state index >= 15 is 0 Å². The lowest BCUT2D eigenvalue weighted by Crippen LogP contribution is -2.02. The second kappa shape index (κ2) is 6.19. The Kier molecular flexibility index (Phi) is 5.61. The van der Waals surface area contributed by atoms with Crippen LogP contribution in [-0.2, 0) is 20.9 Å². The monoisotopic (exact) mass is 212 g/mol. The summed E-state index contributed by atoms with van der Waals surface area (Å²) in [5.41, 5.74) is 0.850. The minimum atomic E-state index is -3.32. The van der Waals surface area contributed by atoms with Crippen LogP contribution in [0.3, 0.4) is 0 Å². The summed E-state index contributed by atoms with van der Waals surface area (Å²) in [6, 6.07) is 9.16. The Morgan fingerprint density at radius 1 is 1.21 bits per heavy atom. The van der Waals surface area contributed by atoms with E-state index in [0.717, 1.165) is 11.8 Å². The molecule has 0 bridgehead atoms. The second-order valence-electron chi connectivity index (χ2n) is 2.45. The molecule has 0 atom stereocenters. The van der Waals surface area contributed by atoms with E-state index in [9.17, 15) is 8.42 Å². The van der Waals surface area contributed by atoms with Crippen molar-refractivity contribution < 1.29 is 12.6 Å². The van der Waals surface area contributed by atoms with Gasteiger partial charge in [0.05, 0.1) is 12.9 Å². The highest BCUT2D eigenvalue weighted by atomic mass is 32.2. The molecule has 1 rings (SSSR count). The van der Waals surface area contributed by atoms with Gasteiger partial charge in [0.2, 0.25) is 0 Å². The van der Waals surface area contributed by atoms with Gasteiger partial charge in [-0.05, 0) is 5.56 Å². The average molecular weight is 212 g/mol. The molecular weight excluding hydrogens is 200 g/mol. The Morgan fingerprint density at radius 2 is 1.71 bits per heavy atom. The van der Waals surface area contributed by atoms with Gasteiger partial charge in [-0.2, -0.15) is 8.42 Å². The first-order chi connectivity index (χ1) is 6.58. The van der Waals surface area contributed by atoms with Gasteiger partial charge < -0.3 is 0 Å². The van der Waals surface area contributed by atoms with Gasteiger partial charge in [0.15, 0.2) is 0 Å². The zero-order chi connectivity index (χ0) is 11.0. The molecule has 0 unspecified atom stereocenters. The van der Waals surface area contributed by atoms with Gasteiger partial charge in [-0.25, -0.2) is 0 Å². The van der Waals surface area contributed by atoms with Crippen LogP contribution in [0.2, 0.25) is 0 Å². The second-order valence-corrected chi connectivity index (χ2v) is 4.10.